The molecular weight excluding hydrogens is 638 g/mol. The van der Waals surface area contributed by atoms with Gasteiger partial charge in [0.05, 0.1) is 18.8 Å². The van der Waals surface area contributed by atoms with E-state index in [9.17, 15) is 19.5 Å². The van der Waals surface area contributed by atoms with E-state index in [2.05, 4.69) is 10.2 Å². The van der Waals surface area contributed by atoms with Crippen molar-refractivity contribution in [2.24, 2.45) is 0 Å². The average Bonchev–Trinajstić information content (AvgIpc) is 3.58. The van der Waals surface area contributed by atoms with Crippen molar-refractivity contribution in [1.29, 1.82) is 0 Å². The number of ether oxygens (including phenoxy) is 3. The van der Waals surface area contributed by atoms with Crippen LogP contribution in [0.5, 0.6) is 0 Å². The van der Waals surface area contributed by atoms with Gasteiger partial charge in [0.15, 0.2) is 6.29 Å². The van der Waals surface area contributed by atoms with Gasteiger partial charge in [-0.1, -0.05) is 72.8 Å². The van der Waals surface area contributed by atoms with E-state index in [1.54, 1.807) is 5.48 Å². The Kier molecular flexibility index (Phi) is 12.8. The predicted molar refractivity (Wildman–Crippen MR) is 186 cm³/mol. The number of rotatable bonds is 13. The summed E-state index contributed by atoms with van der Waals surface area (Å²) in [6.07, 6.45) is 1.76. The van der Waals surface area contributed by atoms with Crippen LogP contribution in [0.3, 0.4) is 0 Å². The molecule has 2 aliphatic rings. The summed E-state index contributed by atoms with van der Waals surface area (Å²) in [5, 5.41) is 21.1. The first kappa shape index (κ1) is 37.1. The number of aliphatic hydroxyl groups is 1. The highest BCUT2D eigenvalue weighted by Crippen LogP contribution is 2.39. The monoisotopic (exact) mass is 687 g/mol. The minimum absolute atomic E-state index is 0.0332. The summed E-state index contributed by atoms with van der Waals surface area (Å²) in [4.78, 5) is 38.9. The van der Waals surface area contributed by atoms with Crippen molar-refractivity contribution in [2.75, 3.05) is 13.1 Å². The molecule has 2 heterocycles. The zero-order valence-electron chi connectivity index (χ0n) is 29.1. The molecule has 268 valence electrons. The molecule has 0 spiro atoms. The lowest BCUT2D eigenvalue weighted by atomic mass is 9.97. The summed E-state index contributed by atoms with van der Waals surface area (Å²) >= 11 is 0. The Morgan fingerprint density at radius 3 is 2.32 bits per heavy atom. The number of hydrogen-bond acceptors (Lipinski definition) is 9. The molecule has 4 unspecified atom stereocenters. The molecule has 0 aliphatic carbocycles. The van der Waals surface area contributed by atoms with E-state index in [0.717, 1.165) is 52.8 Å². The smallest absolute Gasteiger partial charge is 0.323 e. The Hall–Kier alpha value is -4.13. The number of aliphatic hydroxyl groups excluding tert-OH is 1. The Balaban J connectivity index is 1.30. The quantitative estimate of drug-likeness (QED) is 0.104. The molecule has 3 aromatic rings. The van der Waals surface area contributed by atoms with E-state index in [1.165, 1.54) is 0 Å². The number of carbonyl (C=O) groups excluding carboxylic acids is 3. The number of nitrogens with zero attached hydrogens (tertiary/aromatic N) is 1. The molecule has 5 rings (SSSR count). The molecule has 11 nitrogen and oxygen atoms in total. The number of esters is 1. The molecule has 2 fully saturated rings. The lowest BCUT2D eigenvalue weighted by molar-refractivity contribution is -0.253. The molecule has 4 N–H and O–H groups in total. The molecule has 2 amide bonds. The van der Waals surface area contributed by atoms with Crippen molar-refractivity contribution in [3.63, 3.8) is 0 Å². The summed E-state index contributed by atoms with van der Waals surface area (Å²) in [6.45, 7) is 7.32. The van der Waals surface area contributed by atoms with Gasteiger partial charge in [0, 0.05) is 37.9 Å². The van der Waals surface area contributed by atoms with Crippen LogP contribution in [0, 0.1) is 0 Å². The largest absolute Gasteiger partial charge is 0.459 e. The lowest BCUT2D eigenvalue weighted by Crippen LogP contribution is -2.45. The van der Waals surface area contributed by atoms with Crippen molar-refractivity contribution in [3.8, 4) is 11.1 Å². The molecule has 0 aromatic heterocycles. The van der Waals surface area contributed by atoms with Crippen molar-refractivity contribution >= 4 is 17.8 Å². The second-order valence-electron chi connectivity index (χ2n) is 14.0. The fourth-order valence-corrected chi connectivity index (χ4v) is 6.50. The highest BCUT2D eigenvalue weighted by Gasteiger charge is 2.39. The zero-order chi connectivity index (χ0) is 35.7. The Morgan fingerprint density at radius 1 is 0.920 bits per heavy atom. The molecule has 11 heteroatoms. The number of benzene rings is 3. The molecule has 0 radical (unpaired) electrons. The van der Waals surface area contributed by atoms with Crippen molar-refractivity contribution in [3.05, 3.63) is 95.1 Å². The zero-order valence-corrected chi connectivity index (χ0v) is 29.1. The highest BCUT2D eigenvalue weighted by atomic mass is 16.7. The second-order valence-corrected chi connectivity index (χ2v) is 14.0. The molecule has 0 bridgehead atoms. The summed E-state index contributed by atoms with van der Waals surface area (Å²) in [6, 6.07) is 23.4. The van der Waals surface area contributed by atoms with E-state index in [4.69, 9.17) is 19.4 Å². The van der Waals surface area contributed by atoms with Crippen molar-refractivity contribution in [2.45, 2.75) is 103 Å². The van der Waals surface area contributed by atoms with Crippen molar-refractivity contribution in [1.82, 2.24) is 15.7 Å². The maximum atomic E-state index is 13.1. The minimum Gasteiger partial charge on any atom is -0.459 e. The van der Waals surface area contributed by atoms with Crippen LogP contribution < -0.4 is 10.8 Å². The van der Waals surface area contributed by atoms with E-state index in [0.29, 0.717) is 25.9 Å². The average molecular weight is 688 g/mol. The highest BCUT2D eigenvalue weighted by molar-refractivity contribution is 5.79. The molecular formula is C39H49N3O8. The van der Waals surface area contributed by atoms with E-state index < -0.39 is 17.8 Å². The first-order chi connectivity index (χ1) is 24.0. The molecule has 2 aliphatic heterocycles. The van der Waals surface area contributed by atoms with Crippen LogP contribution >= 0.6 is 0 Å². The molecule has 50 heavy (non-hydrogen) atoms. The SMILES string of the molecule is CC(C)(C)OC(=O)C1CCCN1CC1CC(c2ccc(CO)cc2)OC(c2ccc(-c3ccccc3CNC(=O)CCCC(=O)NO)cc2)O1. The summed E-state index contributed by atoms with van der Waals surface area (Å²) < 4.78 is 18.9. The van der Waals surface area contributed by atoms with Gasteiger partial charge in [-0.3, -0.25) is 24.5 Å². The van der Waals surface area contributed by atoms with Crippen LogP contribution in [0.4, 0.5) is 0 Å². The van der Waals surface area contributed by atoms with Gasteiger partial charge in [0.2, 0.25) is 11.8 Å². The minimum atomic E-state index is -0.643. The van der Waals surface area contributed by atoms with Gasteiger partial charge in [-0.25, -0.2) is 5.48 Å². The van der Waals surface area contributed by atoms with Gasteiger partial charge in [0.1, 0.15) is 11.6 Å². The third-order valence-electron chi connectivity index (χ3n) is 9.02. The predicted octanol–water partition coefficient (Wildman–Crippen LogP) is 5.49. The number of hydroxylamine groups is 1. The van der Waals surface area contributed by atoms with Crippen LogP contribution in [0.15, 0.2) is 72.8 Å². The third-order valence-corrected chi connectivity index (χ3v) is 9.02. The maximum absolute atomic E-state index is 13.1. The number of hydrogen-bond donors (Lipinski definition) is 4. The number of carbonyl (C=O) groups is 3. The summed E-state index contributed by atoms with van der Waals surface area (Å²) in [7, 11) is 0. The first-order valence-electron chi connectivity index (χ1n) is 17.4. The Labute approximate surface area is 293 Å². The number of amides is 2. The fraction of sp³-hybridized carbons (Fsp3) is 0.462. The van der Waals surface area contributed by atoms with Gasteiger partial charge in [-0.05, 0) is 74.4 Å². The van der Waals surface area contributed by atoms with Gasteiger partial charge >= 0.3 is 5.97 Å². The summed E-state index contributed by atoms with van der Waals surface area (Å²) in [5.41, 5.74) is 6.60. The third kappa shape index (κ3) is 10.2. The number of nitrogens with one attached hydrogen (secondary N) is 2. The normalized spacial score (nSPS) is 21.1. The molecule has 4 atom stereocenters. The van der Waals surface area contributed by atoms with Crippen molar-refractivity contribution < 1.29 is 38.9 Å². The molecule has 2 saturated heterocycles. The summed E-state index contributed by atoms with van der Waals surface area (Å²) in [5.74, 6) is -0.886. The van der Waals surface area contributed by atoms with Crippen LogP contribution in [0.2, 0.25) is 0 Å². The van der Waals surface area contributed by atoms with Crippen LogP contribution in [0.25, 0.3) is 11.1 Å². The Bertz CT molecular complexity index is 1590. The van der Waals surface area contributed by atoms with Crippen LogP contribution in [-0.4, -0.2) is 63.8 Å². The van der Waals surface area contributed by atoms with E-state index in [1.807, 2.05) is 93.6 Å². The molecule has 0 saturated carbocycles. The standard InChI is InChI=1S/C39H49N3O8/c1-39(2,3)50-37(46)33-10-7-21-42(33)24-31-22-34(28-15-13-26(25-43)14-16-28)49-38(48-31)29-19-17-27(18-20-29)32-9-5-4-8-30(32)23-40-35(44)11-6-12-36(45)41-47/h4-5,8-9,13-20,31,33-34,38,43,47H,6-7,10-12,21-25H2,1-3H3,(H,40,44)(H,41,45). The number of likely N-dealkylation sites (tertiary alicyclic amines) is 1. The van der Waals surface area contributed by atoms with Gasteiger partial charge in [-0.15, -0.1) is 0 Å². The van der Waals surface area contributed by atoms with Crippen LogP contribution in [-0.2, 0) is 41.7 Å². The van der Waals surface area contributed by atoms with Crippen LogP contribution in [0.1, 0.15) is 93.9 Å². The van der Waals surface area contributed by atoms with Gasteiger partial charge in [0.25, 0.3) is 0 Å². The molecule has 3 aromatic carbocycles. The fourth-order valence-electron chi connectivity index (χ4n) is 6.50. The van der Waals surface area contributed by atoms with E-state index >= 15 is 0 Å². The maximum Gasteiger partial charge on any atom is 0.323 e. The second kappa shape index (κ2) is 17.2. The Morgan fingerprint density at radius 2 is 1.62 bits per heavy atom. The van der Waals surface area contributed by atoms with E-state index in [-0.39, 0.29) is 49.6 Å². The lowest BCUT2D eigenvalue weighted by Gasteiger charge is -2.38. The van der Waals surface area contributed by atoms with Gasteiger partial charge in [-0.2, -0.15) is 0 Å². The first-order valence-corrected chi connectivity index (χ1v) is 17.4. The van der Waals surface area contributed by atoms with Gasteiger partial charge < -0.3 is 24.6 Å². The topological polar surface area (TPSA) is 147 Å².